The third-order valence-electron chi connectivity index (χ3n) is 5.72. The molecule has 0 bridgehead atoms. The molecule has 0 unspecified atom stereocenters. The van der Waals surface area contributed by atoms with Crippen molar-refractivity contribution in [1.29, 1.82) is 0 Å². The Labute approximate surface area is 184 Å². The van der Waals surface area contributed by atoms with Gasteiger partial charge < -0.3 is 0 Å². The lowest BCUT2D eigenvalue weighted by Crippen LogP contribution is -2.24. The van der Waals surface area contributed by atoms with E-state index in [0.29, 0.717) is 6.54 Å². The summed E-state index contributed by atoms with van der Waals surface area (Å²) in [5, 5.41) is 1.74. The fourth-order valence-corrected chi connectivity index (χ4v) is 6.47. The molecule has 2 heterocycles. The fourth-order valence-electron chi connectivity index (χ4n) is 4.16. The summed E-state index contributed by atoms with van der Waals surface area (Å²) < 4.78 is 1.93. The van der Waals surface area contributed by atoms with Crippen molar-refractivity contribution in [2.45, 2.75) is 43.8 Å². The van der Waals surface area contributed by atoms with Crippen molar-refractivity contribution in [3.8, 4) is 0 Å². The number of thiophene rings is 1. The number of aryl methyl sites for hydroxylation is 4. The number of hydrogen-bond acceptors (Lipinski definition) is 4. The Hall–Kier alpha value is -2.37. The van der Waals surface area contributed by atoms with Crippen LogP contribution < -0.4 is 5.56 Å². The molecule has 1 aliphatic rings. The van der Waals surface area contributed by atoms with Crippen LogP contribution in [-0.2, 0) is 32.2 Å². The van der Waals surface area contributed by atoms with Gasteiger partial charge in [0.2, 0.25) is 0 Å². The third kappa shape index (κ3) is 3.96. The summed E-state index contributed by atoms with van der Waals surface area (Å²) in [7, 11) is 0. The van der Waals surface area contributed by atoms with Gasteiger partial charge in [0.25, 0.3) is 5.56 Å². The van der Waals surface area contributed by atoms with E-state index in [1.165, 1.54) is 21.6 Å². The Morgan fingerprint density at radius 3 is 2.37 bits per heavy atom. The minimum Gasteiger partial charge on any atom is -0.287 e. The number of fused-ring (bicyclic) bond motifs is 3. The van der Waals surface area contributed by atoms with Gasteiger partial charge in [-0.25, -0.2) is 4.98 Å². The van der Waals surface area contributed by atoms with E-state index in [0.717, 1.165) is 53.2 Å². The zero-order valence-electron chi connectivity index (χ0n) is 16.8. The number of rotatable bonds is 7. The first-order valence-electron chi connectivity index (χ1n) is 10.6. The average molecular weight is 433 g/mol. The number of benzene rings is 2. The second-order valence-electron chi connectivity index (χ2n) is 7.71. The van der Waals surface area contributed by atoms with Crippen molar-refractivity contribution >= 4 is 33.3 Å². The Bertz CT molecular complexity index is 1210. The normalized spacial score (nSPS) is 13.1. The number of nitrogens with zero attached hydrogens (tertiary/aromatic N) is 2. The molecular weight excluding hydrogens is 408 g/mol. The van der Waals surface area contributed by atoms with Crippen LogP contribution >= 0.6 is 23.1 Å². The first kappa shape index (κ1) is 19.6. The molecule has 0 spiro atoms. The summed E-state index contributed by atoms with van der Waals surface area (Å²) in [4.78, 5) is 20.8. The van der Waals surface area contributed by atoms with Crippen LogP contribution in [0.1, 0.15) is 28.0 Å². The Morgan fingerprint density at radius 1 is 0.933 bits per heavy atom. The second kappa shape index (κ2) is 8.78. The molecule has 0 amide bonds. The maximum Gasteiger partial charge on any atom is 0.263 e. The van der Waals surface area contributed by atoms with Gasteiger partial charge in [-0.15, -0.1) is 11.3 Å². The largest absolute Gasteiger partial charge is 0.287 e. The topological polar surface area (TPSA) is 34.9 Å². The van der Waals surface area contributed by atoms with Crippen LogP contribution in [0.2, 0.25) is 0 Å². The zero-order chi connectivity index (χ0) is 20.3. The van der Waals surface area contributed by atoms with E-state index in [-0.39, 0.29) is 5.56 Å². The van der Waals surface area contributed by atoms with Crippen molar-refractivity contribution in [3.05, 3.63) is 92.6 Å². The average Bonchev–Trinajstić information content (AvgIpc) is 3.36. The lowest BCUT2D eigenvalue weighted by molar-refractivity contribution is 0.596. The summed E-state index contributed by atoms with van der Waals surface area (Å²) in [5.41, 5.74) is 3.99. The molecule has 30 heavy (non-hydrogen) atoms. The fraction of sp³-hybridized carbons (Fsp3) is 0.280. The van der Waals surface area contributed by atoms with Crippen molar-refractivity contribution in [3.63, 3.8) is 0 Å². The lowest BCUT2D eigenvalue weighted by atomic mass is 10.1. The molecule has 2 aromatic carbocycles. The maximum atomic E-state index is 13.5. The van der Waals surface area contributed by atoms with E-state index in [9.17, 15) is 4.79 Å². The summed E-state index contributed by atoms with van der Waals surface area (Å²) >= 11 is 3.44. The Balaban J connectivity index is 1.46. The number of hydrogen-bond donors (Lipinski definition) is 0. The number of thioether (sulfide) groups is 1. The van der Waals surface area contributed by atoms with Crippen LogP contribution in [0.25, 0.3) is 10.2 Å². The first-order chi connectivity index (χ1) is 14.8. The van der Waals surface area contributed by atoms with E-state index in [4.69, 9.17) is 4.98 Å². The quantitative estimate of drug-likeness (QED) is 0.285. The summed E-state index contributed by atoms with van der Waals surface area (Å²) in [6.07, 6.45) is 5.08. The molecule has 3 nitrogen and oxygen atoms in total. The van der Waals surface area contributed by atoms with E-state index in [1.807, 2.05) is 16.7 Å². The highest BCUT2D eigenvalue weighted by atomic mass is 32.2. The predicted octanol–water partition coefficient (Wildman–Crippen LogP) is 5.52. The molecule has 0 saturated carbocycles. The van der Waals surface area contributed by atoms with Gasteiger partial charge in [0.15, 0.2) is 5.16 Å². The molecule has 152 valence electrons. The molecule has 5 rings (SSSR count). The van der Waals surface area contributed by atoms with Gasteiger partial charge in [-0.3, -0.25) is 9.36 Å². The molecule has 5 heteroatoms. The van der Waals surface area contributed by atoms with Crippen LogP contribution in [0, 0.1) is 0 Å². The van der Waals surface area contributed by atoms with Crippen LogP contribution in [0.15, 0.2) is 70.6 Å². The smallest absolute Gasteiger partial charge is 0.263 e. The molecule has 0 aliphatic heterocycles. The summed E-state index contributed by atoms with van der Waals surface area (Å²) in [6.45, 7) is 0.671. The minimum absolute atomic E-state index is 0.151. The predicted molar refractivity (Wildman–Crippen MR) is 127 cm³/mol. The van der Waals surface area contributed by atoms with Crippen molar-refractivity contribution < 1.29 is 0 Å². The molecule has 0 radical (unpaired) electrons. The summed E-state index contributed by atoms with van der Waals surface area (Å²) in [6, 6.07) is 20.9. The molecule has 1 aliphatic carbocycles. The number of aromatic nitrogens is 2. The van der Waals surface area contributed by atoms with Crippen molar-refractivity contribution in [1.82, 2.24) is 9.55 Å². The Morgan fingerprint density at radius 2 is 1.63 bits per heavy atom. The van der Waals surface area contributed by atoms with Crippen LogP contribution in [-0.4, -0.2) is 15.3 Å². The monoisotopic (exact) mass is 432 g/mol. The van der Waals surface area contributed by atoms with Gasteiger partial charge in [0, 0.05) is 17.2 Å². The molecule has 4 aromatic rings. The summed E-state index contributed by atoms with van der Waals surface area (Å²) in [5.74, 6) is 0.915. The van der Waals surface area contributed by atoms with Crippen molar-refractivity contribution in [2.24, 2.45) is 0 Å². The van der Waals surface area contributed by atoms with Crippen molar-refractivity contribution in [2.75, 3.05) is 5.75 Å². The van der Waals surface area contributed by atoms with Gasteiger partial charge in [-0.05, 0) is 48.8 Å². The highest BCUT2D eigenvalue weighted by molar-refractivity contribution is 7.99. The zero-order valence-corrected chi connectivity index (χ0v) is 18.5. The van der Waals surface area contributed by atoms with Gasteiger partial charge in [-0.1, -0.05) is 72.4 Å². The molecule has 0 saturated heterocycles. The van der Waals surface area contributed by atoms with Gasteiger partial charge in [-0.2, -0.15) is 0 Å². The molecule has 0 atom stereocenters. The van der Waals surface area contributed by atoms with Crippen LogP contribution in [0.3, 0.4) is 0 Å². The minimum atomic E-state index is 0.151. The van der Waals surface area contributed by atoms with Gasteiger partial charge >= 0.3 is 0 Å². The lowest BCUT2D eigenvalue weighted by Gasteiger charge is -2.12. The third-order valence-corrected chi connectivity index (χ3v) is 7.89. The Kier molecular flexibility index (Phi) is 5.73. The molecule has 2 aromatic heterocycles. The maximum absolute atomic E-state index is 13.5. The highest BCUT2D eigenvalue weighted by Crippen LogP contribution is 2.35. The SMILES string of the molecule is O=c1c2c3c(sc2nc(SCCc2ccccc2)n1CCc1ccccc1)CCC3. The van der Waals surface area contributed by atoms with E-state index in [1.54, 1.807) is 23.1 Å². The van der Waals surface area contributed by atoms with Gasteiger partial charge in [0.05, 0.1) is 5.39 Å². The van der Waals surface area contributed by atoms with Crippen LogP contribution in [0.5, 0.6) is 0 Å². The first-order valence-corrected chi connectivity index (χ1v) is 12.4. The van der Waals surface area contributed by atoms with E-state index in [2.05, 4.69) is 48.5 Å². The highest BCUT2D eigenvalue weighted by Gasteiger charge is 2.23. The van der Waals surface area contributed by atoms with E-state index >= 15 is 0 Å². The van der Waals surface area contributed by atoms with Gasteiger partial charge in [0.1, 0.15) is 4.83 Å². The standard InChI is InChI=1S/C25H24N2OS2/c28-24-22-20-12-7-13-21(20)30-23(22)26-25(29-17-15-19-10-5-2-6-11-19)27(24)16-14-18-8-3-1-4-9-18/h1-6,8-11H,7,12-17H2. The second-order valence-corrected chi connectivity index (χ2v) is 9.85. The molecule has 0 N–H and O–H groups in total. The molecular formula is C25H24N2OS2. The van der Waals surface area contributed by atoms with Crippen LogP contribution in [0.4, 0.5) is 0 Å². The molecule has 0 fully saturated rings. The van der Waals surface area contributed by atoms with E-state index < -0.39 is 0 Å².